The highest BCUT2D eigenvalue weighted by molar-refractivity contribution is 6.08. The van der Waals surface area contributed by atoms with Gasteiger partial charge in [0.2, 0.25) is 5.91 Å². The summed E-state index contributed by atoms with van der Waals surface area (Å²) in [5, 5.41) is 15.2. The topological polar surface area (TPSA) is 148 Å². The zero-order valence-corrected chi connectivity index (χ0v) is 33.9. The van der Waals surface area contributed by atoms with Crippen LogP contribution in [0.3, 0.4) is 0 Å². The van der Waals surface area contributed by atoms with Gasteiger partial charge >= 0.3 is 0 Å². The van der Waals surface area contributed by atoms with Gasteiger partial charge in [0.15, 0.2) is 0 Å². The number of ether oxygens (including phenoxy) is 1. The number of carbonyl (C=O) groups excluding carboxylic acids is 4. The Bertz CT molecular complexity index is 2110. The largest absolute Gasteiger partial charge is 0.394 e. The molecule has 1 atom stereocenters. The number of rotatable bonds is 14. The number of hydrogen-bond acceptors (Lipinski definition) is 9. The molecule has 3 heterocycles. The van der Waals surface area contributed by atoms with Gasteiger partial charge in [-0.1, -0.05) is 30.3 Å². The van der Waals surface area contributed by atoms with Crippen molar-refractivity contribution >= 4 is 35.0 Å². The summed E-state index contributed by atoms with van der Waals surface area (Å²) in [4.78, 5) is 66.7. The molecule has 7 rings (SSSR count). The fourth-order valence-electron chi connectivity index (χ4n) is 8.23. The minimum Gasteiger partial charge on any atom is -0.394 e. The highest BCUT2D eigenvalue weighted by Crippen LogP contribution is 2.34. The number of amides is 4. The van der Waals surface area contributed by atoms with Crippen molar-refractivity contribution in [2.75, 3.05) is 89.4 Å². The van der Waals surface area contributed by atoms with Gasteiger partial charge in [0.1, 0.15) is 0 Å². The first-order valence-corrected chi connectivity index (χ1v) is 20.9. The average molecular weight is 802 g/mol. The fraction of sp³-hybridized carbons (Fsp3) is 0.413. The van der Waals surface area contributed by atoms with Gasteiger partial charge in [0.05, 0.1) is 43.8 Å². The third kappa shape index (κ3) is 10.5. The van der Waals surface area contributed by atoms with E-state index in [-0.39, 0.29) is 42.5 Å². The minimum atomic E-state index is -0.408. The molecule has 4 aromatic rings. The Morgan fingerprint density at radius 1 is 0.814 bits per heavy atom. The fourth-order valence-corrected chi connectivity index (χ4v) is 8.23. The molecule has 310 valence electrons. The predicted octanol–water partition coefficient (Wildman–Crippen LogP) is 5.02. The Hall–Kier alpha value is -5.63. The van der Waals surface area contributed by atoms with Gasteiger partial charge in [-0.05, 0) is 98.2 Å². The molecule has 3 aromatic carbocycles. The summed E-state index contributed by atoms with van der Waals surface area (Å²) in [5.74, 6) is -1.09. The monoisotopic (exact) mass is 801 g/mol. The van der Waals surface area contributed by atoms with Crippen LogP contribution in [0.25, 0.3) is 11.3 Å². The van der Waals surface area contributed by atoms with E-state index in [0.29, 0.717) is 67.5 Å². The van der Waals surface area contributed by atoms with Crippen molar-refractivity contribution in [1.82, 2.24) is 25.0 Å². The average Bonchev–Trinajstić information content (AvgIpc) is 3.28. The molecule has 13 nitrogen and oxygen atoms in total. The Labute approximate surface area is 346 Å². The molecule has 3 N–H and O–H groups in total. The van der Waals surface area contributed by atoms with Crippen molar-refractivity contribution in [3.05, 3.63) is 113 Å². The van der Waals surface area contributed by atoms with Crippen molar-refractivity contribution in [3.63, 3.8) is 0 Å². The van der Waals surface area contributed by atoms with Gasteiger partial charge < -0.3 is 35.2 Å². The lowest BCUT2D eigenvalue weighted by atomic mass is 9.87. The highest BCUT2D eigenvalue weighted by Gasteiger charge is 2.26. The van der Waals surface area contributed by atoms with Crippen molar-refractivity contribution in [2.45, 2.75) is 44.6 Å². The number of hydrogen-bond donors (Lipinski definition) is 3. The number of aromatic nitrogens is 1. The quantitative estimate of drug-likeness (QED) is 0.150. The number of nitrogens with zero attached hydrogens (tertiary/aromatic N) is 5. The van der Waals surface area contributed by atoms with E-state index in [0.717, 1.165) is 63.0 Å². The molecule has 2 fully saturated rings. The molecule has 1 aromatic heterocycles. The van der Waals surface area contributed by atoms with Crippen molar-refractivity contribution in [3.8, 4) is 11.3 Å². The molecule has 2 aliphatic heterocycles. The molecule has 1 aliphatic carbocycles. The maximum absolute atomic E-state index is 13.9. The number of benzene rings is 3. The molecule has 3 aliphatic rings. The van der Waals surface area contributed by atoms with Crippen molar-refractivity contribution < 1.29 is 29.0 Å². The third-order valence-electron chi connectivity index (χ3n) is 11.5. The van der Waals surface area contributed by atoms with Crippen LogP contribution in [0.5, 0.6) is 0 Å². The summed E-state index contributed by atoms with van der Waals surface area (Å²) in [6, 6.07) is 24.1. The van der Waals surface area contributed by atoms with E-state index < -0.39 is 5.91 Å². The van der Waals surface area contributed by atoms with Gasteiger partial charge in [-0.25, -0.2) is 0 Å². The zero-order valence-electron chi connectivity index (χ0n) is 33.9. The van der Waals surface area contributed by atoms with Crippen LogP contribution in [0.2, 0.25) is 0 Å². The van der Waals surface area contributed by atoms with E-state index in [4.69, 9.17) is 14.8 Å². The number of aliphatic hydroxyl groups is 1. The van der Waals surface area contributed by atoms with Crippen LogP contribution in [0.4, 0.5) is 11.4 Å². The van der Waals surface area contributed by atoms with Crippen molar-refractivity contribution in [2.24, 2.45) is 0 Å². The number of pyridine rings is 1. The number of aryl methyl sites for hydroxylation is 1. The molecular formula is C46H55N7O6. The molecule has 13 heteroatoms. The standard InChI is InChI=1S/C46H55N7O6/c1-50(32-43(55)53-23-21-51(22-24-53)25-27-59-28-26-54)46(58)36-12-7-11-34(29-36)44(56)49-41-16-15-37(52-19-5-2-6-20-52)31-39(41)42-30-35(17-18-47-42)45(57)48-40-14-8-10-33-9-3-4-13-38(33)40/h3-4,7,9,11-13,15-18,29-31,40,54H,2,5-6,8,10,14,19-28,32H2,1H3,(H,48,57)(H,49,56). The lowest BCUT2D eigenvalue weighted by molar-refractivity contribution is -0.133. The molecule has 0 saturated carbocycles. The lowest BCUT2D eigenvalue weighted by Crippen LogP contribution is -2.51. The summed E-state index contributed by atoms with van der Waals surface area (Å²) in [6.45, 7) is 5.87. The molecule has 0 radical (unpaired) electrons. The Morgan fingerprint density at radius 3 is 2.41 bits per heavy atom. The summed E-state index contributed by atoms with van der Waals surface area (Å²) in [6.07, 6.45) is 7.91. The van der Waals surface area contributed by atoms with Crippen LogP contribution < -0.4 is 15.5 Å². The molecule has 2 saturated heterocycles. The van der Waals surface area contributed by atoms with E-state index in [9.17, 15) is 19.2 Å². The molecular weight excluding hydrogens is 747 g/mol. The molecule has 4 amide bonds. The SMILES string of the molecule is CN(CC(=O)N1CCN(CCOCCO)CC1)C(=O)c1cccc(C(=O)Nc2ccc(N3CCCCC3)cc2-c2cc(C(=O)NC3CCCc4ccccc43)ccn2)c1. The van der Waals surface area contributed by atoms with E-state index in [1.54, 1.807) is 54.5 Å². The molecule has 59 heavy (non-hydrogen) atoms. The molecule has 0 bridgehead atoms. The van der Waals surface area contributed by atoms with Gasteiger partial charge in [-0.3, -0.25) is 29.1 Å². The normalized spacial score (nSPS) is 16.9. The van der Waals surface area contributed by atoms with Gasteiger partial charge in [0, 0.05) is 87.0 Å². The second kappa shape index (κ2) is 19.9. The lowest BCUT2D eigenvalue weighted by Gasteiger charge is -2.35. The number of fused-ring (bicyclic) bond motifs is 1. The van der Waals surface area contributed by atoms with Crippen molar-refractivity contribution in [1.29, 1.82) is 0 Å². The second-order valence-electron chi connectivity index (χ2n) is 15.6. The van der Waals surface area contributed by atoms with E-state index >= 15 is 0 Å². The van der Waals surface area contributed by atoms with Crippen LogP contribution in [-0.4, -0.2) is 128 Å². The zero-order chi connectivity index (χ0) is 41.1. The number of aliphatic hydroxyl groups excluding tert-OH is 1. The first-order chi connectivity index (χ1) is 28.8. The number of likely N-dealkylation sites (N-methyl/N-ethyl adjacent to an activating group) is 1. The maximum atomic E-state index is 13.9. The number of piperidine rings is 1. The number of anilines is 2. The second-order valence-corrected chi connectivity index (χ2v) is 15.6. The van der Waals surface area contributed by atoms with Crippen LogP contribution in [-0.2, 0) is 16.0 Å². The Kier molecular flexibility index (Phi) is 14.0. The first-order valence-electron chi connectivity index (χ1n) is 20.9. The van der Waals surface area contributed by atoms with E-state index in [1.807, 2.05) is 30.3 Å². The van der Waals surface area contributed by atoms with Crippen LogP contribution >= 0.6 is 0 Å². The van der Waals surface area contributed by atoms with Gasteiger partial charge in [0.25, 0.3) is 17.7 Å². The van der Waals surface area contributed by atoms with Crippen LogP contribution in [0.15, 0.2) is 85.1 Å². The summed E-state index contributed by atoms with van der Waals surface area (Å²) in [7, 11) is 1.59. The first kappa shape index (κ1) is 41.5. The van der Waals surface area contributed by atoms with E-state index in [2.05, 4.69) is 32.6 Å². The minimum absolute atomic E-state index is 0.00574. The van der Waals surface area contributed by atoms with Crippen LogP contribution in [0, 0.1) is 0 Å². The number of carbonyl (C=O) groups is 4. The number of nitrogens with one attached hydrogen (secondary N) is 2. The predicted molar refractivity (Wildman–Crippen MR) is 228 cm³/mol. The third-order valence-corrected chi connectivity index (χ3v) is 11.5. The smallest absolute Gasteiger partial charge is 0.255 e. The maximum Gasteiger partial charge on any atom is 0.255 e. The summed E-state index contributed by atoms with van der Waals surface area (Å²) >= 11 is 0. The number of piperazine rings is 1. The summed E-state index contributed by atoms with van der Waals surface area (Å²) in [5.41, 5.74) is 6.27. The Balaban J connectivity index is 1.04. The molecule has 1 unspecified atom stereocenters. The van der Waals surface area contributed by atoms with Gasteiger partial charge in [-0.15, -0.1) is 0 Å². The van der Waals surface area contributed by atoms with Crippen LogP contribution in [0.1, 0.15) is 80.3 Å². The van der Waals surface area contributed by atoms with Gasteiger partial charge in [-0.2, -0.15) is 0 Å². The summed E-state index contributed by atoms with van der Waals surface area (Å²) < 4.78 is 5.36. The van der Waals surface area contributed by atoms with E-state index in [1.165, 1.54) is 16.9 Å². The Morgan fingerprint density at radius 2 is 1.59 bits per heavy atom. The molecule has 0 spiro atoms. The highest BCUT2D eigenvalue weighted by atomic mass is 16.5.